The Labute approximate surface area is 70.1 Å². The summed E-state index contributed by atoms with van der Waals surface area (Å²) in [7, 11) is 0. The van der Waals surface area contributed by atoms with Gasteiger partial charge in [-0.15, -0.1) is 0 Å². The number of hydrogen-bond acceptors (Lipinski definition) is 2. The molecule has 0 aromatic heterocycles. The van der Waals surface area contributed by atoms with Gasteiger partial charge in [0, 0.05) is 23.3 Å². The molecule has 0 atom stereocenters. The lowest BCUT2D eigenvalue weighted by Crippen LogP contribution is -2.31. The van der Waals surface area contributed by atoms with Gasteiger partial charge in [0.05, 0.1) is 0 Å². The molecule has 1 aliphatic rings. The van der Waals surface area contributed by atoms with Crippen molar-refractivity contribution in [2.45, 2.75) is 12.8 Å². The first-order valence-corrected chi connectivity index (χ1v) is 3.98. The number of rotatable bonds is 0. The van der Waals surface area contributed by atoms with E-state index in [1.165, 1.54) is 0 Å². The molecule has 0 radical (unpaired) electrons. The molecule has 0 bridgehead atoms. The van der Waals surface area contributed by atoms with Gasteiger partial charge in [0.25, 0.3) is 0 Å². The number of fused-ring (bicyclic) bond motifs is 1. The molecule has 2 rings (SSSR count). The highest BCUT2D eigenvalue weighted by Gasteiger charge is 2.07. The van der Waals surface area contributed by atoms with Crippen LogP contribution in [-0.2, 0) is 0 Å². The van der Waals surface area contributed by atoms with Crippen LogP contribution in [0.2, 0.25) is 0 Å². The second kappa shape index (κ2) is 2.55. The molecule has 0 spiro atoms. The Bertz CT molecular complexity index is 377. The Morgan fingerprint density at radius 3 is 1.67 bits per heavy atom. The van der Waals surface area contributed by atoms with Gasteiger partial charge < -0.3 is 10.2 Å². The third kappa shape index (κ3) is 0.961. The molecule has 62 valence electrons. The first-order valence-electron chi connectivity index (χ1n) is 3.98. The molecular weight excluding hydrogens is 152 g/mol. The smallest absolute Gasteiger partial charge is 0.101 e. The minimum Gasteiger partial charge on any atom is -0.512 e. The van der Waals surface area contributed by atoms with Gasteiger partial charge >= 0.3 is 0 Å². The largest absolute Gasteiger partial charge is 0.512 e. The summed E-state index contributed by atoms with van der Waals surface area (Å²) in [5, 5.41) is 20.5. The second-order valence-electron chi connectivity index (χ2n) is 2.94. The van der Waals surface area contributed by atoms with Crippen molar-refractivity contribution in [3.05, 3.63) is 34.7 Å². The van der Waals surface area contributed by atoms with Crippen LogP contribution in [-0.4, -0.2) is 10.2 Å². The van der Waals surface area contributed by atoms with E-state index in [9.17, 15) is 10.2 Å². The van der Waals surface area contributed by atoms with Crippen molar-refractivity contribution in [1.82, 2.24) is 0 Å². The Hall–Kier alpha value is -1.44. The molecule has 0 heterocycles. The molecule has 0 saturated carbocycles. The van der Waals surface area contributed by atoms with Crippen LogP contribution in [0.25, 0.3) is 11.5 Å². The number of benzene rings is 1. The lowest BCUT2D eigenvalue weighted by atomic mass is 10.1. The van der Waals surface area contributed by atoms with E-state index in [-0.39, 0.29) is 0 Å². The van der Waals surface area contributed by atoms with Crippen LogP contribution in [0.4, 0.5) is 0 Å². The maximum absolute atomic E-state index is 9.47. The maximum atomic E-state index is 9.47. The summed E-state index contributed by atoms with van der Waals surface area (Å²) in [4.78, 5) is 0. The van der Waals surface area contributed by atoms with Gasteiger partial charge in [-0.05, 0) is 0 Å². The first kappa shape index (κ1) is 7.22. The minimum absolute atomic E-state index is 0.378. The summed E-state index contributed by atoms with van der Waals surface area (Å²) in [6.07, 6.45) is 1.09. The van der Waals surface area contributed by atoms with E-state index in [0.717, 1.165) is 10.4 Å². The Balaban J connectivity index is 2.95. The summed E-state index contributed by atoms with van der Waals surface area (Å²) >= 11 is 0. The molecule has 0 fully saturated rings. The minimum atomic E-state index is 0.378. The van der Waals surface area contributed by atoms with E-state index >= 15 is 0 Å². The highest BCUT2D eigenvalue weighted by Crippen LogP contribution is 2.08. The Morgan fingerprint density at radius 2 is 1.25 bits per heavy atom. The number of aliphatic hydroxyl groups is 2. The molecule has 0 amide bonds. The highest BCUT2D eigenvalue weighted by molar-refractivity contribution is 5.48. The third-order valence-corrected chi connectivity index (χ3v) is 2.15. The Kier molecular flexibility index (Phi) is 1.54. The SMILES string of the molecule is OC1=c2ccccc2=C(O)CC1. The summed E-state index contributed by atoms with van der Waals surface area (Å²) in [5.74, 6) is 0.756. The lowest BCUT2D eigenvalue weighted by Gasteiger charge is -2.07. The van der Waals surface area contributed by atoms with Crippen molar-refractivity contribution in [2.75, 3.05) is 0 Å². The molecule has 1 aliphatic carbocycles. The molecule has 0 saturated heterocycles. The second-order valence-corrected chi connectivity index (χ2v) is 2.94. The van der Waals surface area contributed by atoms with E-state index in [2.05, 4.69) is 0 Å². The summed E-state index contributed by atoms with van der Waals surface area (Å²) < 4.78 is 0. The van der Waals surface area contributed by atoms with Crippen molar-refractivity contribution in [2.24, 2.45) is 0 Å². The van der Waals surface area contributed by atoms with Crippen LogP contribution in [0.1, 0.15) is 12.8 Å². The fourth-order valence-corrected chi connectivity index (χ4v) is 1.49. The van der Waals surface area contributed by atoms with Crippen LogP contribution < -0.4 is 10.4 Å². The van der Waals surface area contributed by atoms with E-state index in [1.54, 1.807) is 0 Å². The average Bonchev–Trinajstić information content (AvgIpc) is 2.12. The molecule has 0 aliphatic heterocycles. The van der Waals surface area contributed by atoms with Crippen LogP contribution >= 0.6 is 0 Å². The molecule has 1 aromatic carbocycles. The average molecular weight is 162 g/mol. The highest BCUT2D eigenvalue weighted by atomic mass is 16.3. The predicted molar refractivity (Wildman–Crippen MR) is 47.0 cm³/mol. The molecule has 12 heavy (non-hydrogen) atoms. The summed E-state index contributed by atoms with van der Waals surface area (Å²) in [5.41, 5.74) is 0. The van der Waals surface area contributed by atoms with Gasteiger partial charge in [-0.2, -0.15) is 0 Å². The molecule has 2 N–H and O–H groups in total. The van der Waals surface area contributed by atoms with Crippen LogP contribution in [0.5, 0.6) is 0 Å². The Morgan fingerprint density at radius 1 is 0.833 bits per heavy atom. The van der Waals surface area contributed by atoms with Gasteiger partial charge in [0.15, 0.2) is 0 Å². The predicted octanol–water partition coefficient (Wildman–Crippen LogP) is 0.813. The van der Waals surface area contributed by atoms with Crippen molar-refractivity contribution in [3.63, 3.8) is 0 Å². The fourth-order valence-electron chi connectivity index (χ4n) is 1.49. The molecule has 0 unspecified atom stereocenters. The zero-order valence-electron chi connectivity index (χ0n) is 6.62. The van der Waals surface area contributed by atoms with Gasteiger partial charge in [-0.3, -0.25) is 0 Å². The topological polar surface area (TPSA) is 40.5 Å². The van der Waals surface area contributed by atoms with Crippen molar-refractivity contribution < 1.29 is 10.2 Å². The standard InChI is InChI=1S/C10H10O2/c11-9-5-6-10(12)8-4-2-1-3-7(8)9/h1-4,11-12H,5-6H2. The first-order chi connectivity index (χ1) is 5.79. The van der Waals surface area contributed by atoms with Gasteiger partial charge in [0.1, 0.15) is 11.5 Å². The van der Waals surface area contributed by atoms with Crippen molar-refractivity contribution in [3.8, 4) is 0 Å². The molecular formula is C10H10O2. The summed E-state index contributed by atoms with van der Waals surface area (Å²) in [6.45, 7) is 0. The molecule has 2 nitrogen and oxygen atoms in total. The van der Waals surface area contributed by atoms with E-state index in [4.69, 9.17) is 0 Å². The van der Waals surface area contributed by atoms with E-state index < -0.39 is 0 Å². The monoisotopic (exact) mass is 162 g/mol. The quantitative estimate of drug-likeness (QED) is 0.592. The van der Waals surface area contributed by atoms with Crippen LogP contribution in [0.15, 0.2) is 24.3 Å². The summed E-state index contributed by atoms with van der Waals surface area (Å²) in [6, 6.07) is 7.35. The zero-order valence-corrected chi connectivity index (χ0v) is 6.62. The van der Waals surface area contributed by atoms with E-state index in [0.29, 0.717) is 24.4 Å². The van der Waals surface area contributed by atoms with Crippen molar-refractivity contribution in [1.29, 1.82) is 0 Å². The number of hydrogen-bond donors (Lipinski definition) is 2. The van der Waals surface area contributed by atoms with Crippen LogP contribution in [0, 0.1) is 0 Å². The van der Waals surface area contributed by atoms with Crippen molar-refractivity contribution >= 4 is 11.5 Å². The van der Waals surface area contributed by atoms with Gasteiger partial charge in [-0.1, -0.05) is 24.3 Å². The third-order valence-electron chi connectivity index (χ3n) is 2.15. The van der Waals surface area contributed by atoms with Gasteiger partial charge in [0.2, 0.25) is 0 Å². The van der Waals surface area contributed by atoms with Gasteiger partial charge in [-0.25, -0.2) is 0 Å². The molecule has 1 aromatic rings. The molecule has 2 heteroatoms. The van der Waals surface area contributed by atoms with E-state index in [1.807, 2.05) is 24.3 Å². The normalized spacial score (nSPS) is 16.0. The fraction of sp³-hybridized carbons (Fsp3) is 0.200. The van der Waals surface area contributed by atoms with Crippen LogP contribution in [0.3, 0.4) is 0 Å². The maximum Gasteiger partial charge on any atom is 0.101 e. The zero-order chi connectivity index (χ0) is 8.55. The number of aliphatic hydroxyl groups excluding tert-OH is 2. The lowest BCUT2D eigenvalue weighted by molar-refractivity contribution is 0.441.